The quantitative estimate of drug-likeness (QED) is 0.660. The minimum Gasteiger partial charge on any atom is -0.493 e. The SMILES string of the molecule is CCc1ccc(C(=O)NC2CCN(C(=O)[C@H]3CC(=O)N(c4ccc(OC)c(OC)c4)C3)CC2)cc1. The summed E-state index contributed by atoms with van der Waals surface area (Å²) in [5, 5.41) is 3.10. The van der Waals surface area contributed by atoms with E-state index in [2.05, 4.69) is 12.2 Å². The fourth-order valence-electron chi connectivity index (χ4n) is 4.78. The number of anilines is 1. The summed E-state index contributed by atoms with van der Waals surface area (Å²) in [5.41, 5.74) is 2.54. The van der Waals surface area contributed by atoms with Gasteiger partial charge >= 0.3 is 0 Å². The second-order valence-electron chi connectivity index (χ2n) is 9.07. The van der Waals surface area contributed by atoms with Gasteiger partial charge in [0.2, 0.25) is 11.8 Å². The summed E-state index contributed by atoms with van der Waals surface area (Å²) in [6.45, 7) is 3.57. The molecule has 0 spiro atoms. The minimum absolute atomic E-state index is 0.00116. The van der Waals surface area contributed by atoms with Crippen molar-refractivity contribution in [3.05, 3.63) is 53.6 Å². The van der Waals surface area contributed by atoms with E-state index in [0.29, 0.717) is 55.2 Å². The third-order valence-corrected chi connectivity index (χ3v) is 6.92. The standard InChI is InChI=1S/C27H33N3O5/c1-4-18-5-7-19(8-6-18)26(32)28-21-11-13-29(14-12-21)27(33)20-15-25(31)30(17-20)22-9-10-23(34-2)24(16-22)35-3/h5-10,16,20-21H,4,11-15,17H2,1-3H3,(H,28,32)/t20-/m0/s1. The molecule has 0 aromatic heterocycles. The Kier molecular flexibility index (Phi) is 7.58. The van der Waals surface area contributed by atoms with Crippen molar-refractivity contribution in [3.8, 4) is 11.5 Å². The first kappa shape index (κ1) is 24.6. The highest BCUT2D eigenvalue weighted by atomic mass is 16.5. The molecule has 0 bridgehead atoms. The van der Waals surface area contributed by atoms with E-state index in [0.717, 1.165) is 6.42 Å². The number of piperidine rings is 1. The number of hydrogen-bond donors (Lipinski definition) is 1. The maximum absolute atomic E-state index is 13.2. The van der Waals surface area contributed by atoms with Gasteiger partial charge in [-0.3, -0.25) is 14.4 Å². The van der Waals surface area contributed by atoms with E-state index in [1.807, 2.05) is 29.2 Å². The fraction of sp³-hybridized carbons (Fsp3) is 0.444. The lowest BCUT2D eigenvalue weighted by atomic mass is 10.0. The Hall–Kier alpha value is -3.55. The van der Waals surface area contributed by atoms with Gasteiger partial charge in [0.15, 0.2) is 11.5 Å². The molecular weight excluding hydrogens is 446 g/mol. The molecule has 3 amide bonds. The zero-order chi connectivity index (χ0) is 24.9. The predicted molar refractivity (Wildman–Crippen MR) is 133 cm³/mol. The van der Waals surface area contributed by atoms with Crippen LogP contribution in [0.4, 0.5) is 5.69 Å². The molecule has 8 heteroatoms. The first-order valence-corrected chi connectivity index (χ1v) is 12.1. The van der Waals surface area contributed by atoms with E-state index < -0.39 is 0 Å². The molecule has 2 fully saturated rings. The zero-order valence-corrected chi connectivity index (χ0v) is 20.6. The summed E-state index contributed by atoms with van der Waals surface area (Å²) in [7, 11) is 3.11. The Morgan fingerprint density at radius 1 is 1.00 bits per heavy atom. The van der Waals surface area contributed by atoms with Gasteiger partial charge in [0.05, 0.1) is 20.1 Å². The molecule has 35 heavy (non-hydrogen) atoms. The molecule has 0 unspecified atom stereocenters. The first-order valence-electron chi connectivity index (χ1n) is 12.1. The molecule has 2 aliphatic rings. The van der Waals surface area contributed by atoms with Crippen LogP contribution in [0.1, 0.15) is 42.1 Å². The monoisotopic (exact) mass is 479 g/mol. The van der Waals surface area contributed by atoms with E-state index in [9.17, 15) is 14.4 Å². The highest BCUT2D eigenvalue weighted by molar-refractivity contribution is 6.00. The topological polar surface area (TPSA) is 88.2 Å². The van der Waals surface area contributed by atoms with Crippen LogP contribution in [0.5, 0.6) is 11.5 Å². The minimum atomic E-state index is -0.376. The number of likely N-dealkylation sites (tertiary alicyclic amines) is 1. The van der Waals surface area contributed by atoms with Gasteiger partial charge in [-0.05, 0) is 49.1 Å². The first-order chi connectivity index (χ1) is 16.9. The van der Waals surface area contributed by atoms with Crippen LogP contribution in [0, 0.1) is 5.92 Å². The average Bonchev–Trinajstić information content (AvgIpc) is 3.29. The van der Waals surface area contributed by atoms with Crippen molar-refractivity contribution in [2.24, 2.45) is 5.92 Å². The van der Waals surface area contributed by atoms with Gasteiger partial charge in [0, 0.05) is 49.4 Å². The Labute approximate surface area is 206 Å². The molecule has 186 valence electrons. The third kappa shape index (κ3) is 5.42. The van der Waals surface area contributed by atoms with Crippen molar-refractivity contribution in [2.45, 2.75) is 38.6 Å². The van der Waals surface area contributed by atoms with Gasteiger partial charge in [-0.15, -0.1) is 0 Å². The molecule has 2 aromatic carbocycles. The number of methoxy groups -OCH3 is 2. The summed E-state index contributed by atoms with van der Waals surface area (Å²) in [6, 6.07) is 13.0. The molecule has 2 aromatic rings. The number of nitrogens with zero attached hydrogens (tertiary/aromatic N) is 2. The molecule has 0 aliphatic carbocycles. The van der Waals surface area contributed by atoms with E-state index in [1.54, 1.807) is 37.3 Å². The number of nitrogens with one attached hydrogen (secondary N) is 1. The number of ether oxygens (including phenoxy) is 2. The number of hydrogen-bond acceptors (Lipinski definition) is 5. The smallest absolute Gasteiger partial charge is 0.251 e. The van der Waals surface area contributed by atoms with Crippen molar-refractivity contribution >= 4 is 23.4 Å². The van der Waals surface area contributed by atoms with E-state index in [1.165, 1.54) is 5.56 Å². The van der Waals surface area contributed by atoms with E-state index >= 15 is 0 Å². The van der Waals surface area contributed by atoms with E-state index in [-0.39, 0.29) is 36.1 Å². The maximum atomic E-state index is 13.2. The van der Waals surface area contributed by atoms with Crippen LogP contribution in [0.15, 0.2) is 42.5 Å². The second-order valence-corrected chi connectivity index (χ2v) is 9.07. The molecule has 2 aliphatic heterocycles. The van der Waals surface area contributed by atoms with Gasteiger partial charge < -0.3 is 24.6 Å². The Morgan fingerprint density at radius 3 is 2.31 bits per heavy atom. The largest absolute Gasteiger partial charge is 0.493 e. The van der Waals surface area contributed by atoms with Crippen LogP contribution in [0.3, 0.4) is 0 Å². The van der Waals surface area contributed by atoms with Crippen molar-refractivity contribution in [1.29, 1.82) is 0 Å². The zero-order valence-electron chi connectivity index (χ0n) is 20.6. The lowest BCUT2D eigenvalue weighted by Gasteiger charge is -2.33. The summed E-state index contributed by atoms with van der Waals surface area (Å²) < 4.78 is 10.6. The van der Waals surface area contributed by atoms with Crippen LogP contribution >= 0.6 is 0 Å². The molecule has 2 heterocycles. The van der Waals surface area contributed by atoms with Gasteiger partial charge in [0.1, 0.15) is 0 Å². The van der Waals surface area contributed by atoms with Gasteiger partial charge in [-0.2, -0.15) is 0 Å². The number of carbonyl (C=O) groups excluding carboxylic acids is 3. The lowest BCUT2D eigenvalue weighted by Crippen LogP contribution is -2.48. The van der Waals surface area contributed by atoms with E-state index in [4.69, 9.17) is 9.47 Å². The normalized spacial score (nSPS) is 18.5. The summed E-state index contributed by atoms with van der Waals surface area (Å²) in [5.74, 6) is 0.595. The molecule has 0 radical (unpaired) electrons. The van der Waals surface area contributed by atoms with Crippen LogP contribution in [-0.4, -0.2) is 62.5 Å². The van der Waals surface area contributed by atoms with Gasteiger partial charge in [-0.25, -0.2) is 0 Å². The number of amides is 3. The molecule has 1 N–H and O–H groups in total. The van der Waals surface area contributed by atoms with Crippen molar-refractivity contribution in [1.82, 2.24) is 10.2 Å². The maximum Gasteiger partial charge on any atom is 0.251 e. The summed E-state index contributed by atoms with van der Waals surface area (Å²) in [6.07, 6.45) is 2.53. The van der Waals surface area contributed by atoms with Crippen LogP contribution < -0.4 is 19.7 Å². The fourth-order valence-corrected chi connectivity index (χ4v) is 4.78. The number of rotatable bonds is 7. The van der Waals surface area contributed by atoms with Crippen LogP contribution in [0.25, 0.3) is 0 Å². The molecule has 8 nitrogen and oxygen atoms in total. The predicted octanol–water partition coefficient (Wildman–Crippen LogP) is 3.04. The summed E-state index contributed by atoms with van der Waals surface area (Å²) >= 11 is 0. The summed E-state index contributed by atoms with van der Waals surface area (Å²) in [4.78, 5) is 41.9. The van der Waals surface area contributed by atoms with Crippen molar-refractivity contribution < 1.29 is 23.9 Å². The molecule has 0 saturated carbocycles. The number of carbonyl (C=O) groups is 3. The second kappa shape index (κ2) is 10.8. The molecule has 1 atom stereocenters. The lowest BCUT2D eigenvalue weighted by molar-refractivity contribution is -0.136. The highest BCUT2D eigenvalue weighted by Crippen LogP contribution is 2.34. The van der Waals surface area contributed by atoms with Gasteiger partial charge in [0.25, 0.3) is 5.91 Å². The molecule has 4 rings (SSSR count). The number of benzene rings is 2. The number of aryl methyl sites for hydroxylation is 1. The Balaban J connectivity index is 1.30. The Morgan fingerprint density at radius 2 is 1.69 bits per heavy atom. The van der Waals surface area contributed by atoms with Crippen molar-refractivity contribution in [2.75, 3.05) is 38.8 Å². The Bertz CT molecular complexity index is 1080. The molecular formula is C27H33N3O5. The van der Waals surface area contributed by atoms with Crippen LogP contribution in [-0.2, 0) is 16.0 Å². The van der Waals surface area contributed by atoms with Crippen molar-refractivity contribution in [3.63, 3.8) is 0 Å². The third-order valence-electron chi connectivity index (χ3n) is 6.92. The highest BCUT2D eigenvalue weighted by Gasteiger charge is 2.38. The van der Waals surface area contributed by atoms with Crippen LogP contribution in [0.2, 0.25) is 0 Å². The molecule has 2 saturated heterocycles. The average molecular weight is 480 g/mol. The van der Waals surface area contributed by atoms with Gasteiger partial charge in [-0.1, -0.05) is 19.1 Å².